The fraction of sp³-hybridized carbons (Fsp3) is 0.800. The van der Waals surface area contributed by atoms with E-state index in [1.165, 1.54) is 44.3 Å². The Labute approximate surface area is 110 Å². The molecule has 1 aromatic heterocycles. The Balaban J connectivity index is 1.77. The quantitative estimate of drug-likeness (QED) is 0.818. The van der Waals surface area contributed by atoms with E-state index in [1.807, 2.05) is 6.20 Å². The minimum Gasteiger partial charge on any atom is -0.375 e. The molecule has 2 fully saturated rings. The lowest BCUT2D eigenvalue weighted by atomic mass is 9.88. The maximum atomic E-state index is 6.12. The molecule has 0 radical (unpaired) electrons. The summed E-state index contributed by atoms with van der Waals surface area (Å²) in [4.78, 5) is 4.52. The van der Waals surface area contributed by atoms with Crippen molar-refractivity contribution in [1.82, 2.24) is 9.55 Å². The van der Waals surface area contributed by atoms with Crippen molar-refractivity contribution < 1.29 is 4.74 Å². The van der Waals surface area contributed by atoms with Gasteiger partial charge in [0.2, 0.25) is 0 Å². The van der Waals surface area contributed by atoms with E-state index in [0.717, 1.165) is 19.4 Å². The zero-order chi connectivity index (χ0) is 12.4. The average molecular weight is 248 g/mol. The second-order valence-corrected chi connectivity index (χ2v) is 5.89. The minimum absolute atomic E-state index is 0.205. The second-order valence-electron chi connectivity index (χ2n) is 5.89. The molecule has 100 valence electrons. The highest BCUT2D eigenvalue weighted by Crippen LogP contribution is 2.43. The van der Waals surface area contributed by atoms with Crippen LogP contribution in [0.2, 0.25) is 0 Å². The molecule has 0 aromatic carbocycles. The molecular weight excluding hydrogens is 224 g/mol. The number of imidazole rings is 1. The van der Waals surface area contributed by atoms with Crippen LogP contribution in [0.4, 0.5) is 0 Å². The standard InChI is InChI=1S/C15H24N2O/c1-2-5-14-16-9-10-17(14)13-6-11-18-15(12-13)7-3-4-8-15/h9-10,13H,2-8,11-12H2,1H3. The van der Waals surface area contributed by atoms with Gasteiger partial charge in [-0.1, -0.05) is 19.8 Å². The number of aromatic nitrogens is 2. The molecule has 1 spiro atoms. The van der Waals surface area contributed by atoms with Crippen LogP contribution in [0, 0.1) is 0 Å². The van der Waals surface area contributed by atoms with Crippen LogP contribution in [0.5, 0.6) is 0 Å². The van der Waals surface area contributed by atoms with Crippen molar-refractivity contribution >= 4 is 0 Å². The summed E-state index contributed by atoms with van der Waals surface area (Å²) in [5, 5.41) is 0. The van der Waals surface area contributed by atoms with Crippen molar-refractivity contribution in [3.8, 4) is 0 Å². The third-order valence-corrected chi connectivity index (χ3v) is 4.60. The lowest BCUT2D eigenvalue weighted by Crippen LogP contribution is -2.38. The molecule has 1 saturated carbocycles. The Morgan fingerprint density at radius 1 is 1.44 bits per heavy atom. The minimum atomic E-state index is 0.205. The number of nitrogens with zero attached hydrogens (tertiary/aromatic N) is 2. The molecule has 0 N–H and O–H groups in total. The first-order valence-electron chi connectivity index (χ1n) is 7.49. The molecule has 18 heavy (non-hydrogen) atoms. The van der Waals surface area contributed by atoms with Crippen LogP contribution < -0.4 is 0 Å². The van der Waals surface area contributed by atoms with Gasteiger partial charge in [-0.2, -0.15) is 0 Å². The molecule has 2 heterocycles. The lowest BCUT2D eigenvalue weighted by Gasteiger charge is -2.39. The molecule has 0 bridgehead atoms. The summed E-state index contributed by atoms with van der Waals surface area (Å²) in [6.45, 7) is 3.15. The SMILES string of the molecule is CCCc1nccn1C1CCOC2(CCCC2)C1. The van der Waals surface area contributed by atoms with Gasteiger partial charge < -0.3 is 9.30 Å². The van der Waals surface area contributed by atoms with E-state index >= 15 is 0 Å². The van der Waals surface area contributed by atoms with E-state index in [0.29, 0.717) is 6.04 Å². The highest BCUT2D eigenvalue weighted by molar-refractivity contribution is 5.00. The maximum Gasteiger partial charge on any atom is 0.108 e. The van der Waals surface area contributed by atoms with E-state index in [-0.39, 0.29) is 5.60 Å². The second kappa shape index (κ2) is 5.04. The predicted molar refractivity (Wildman–Crippen MR) is 71.6 cm³/mol. The fourth-order valence-corrected chi connectivity index (χ4v) is 3.70. The first-order chi connectivity index (χ1) is 8.83. The Kier molecular flexibility index (Phi) is 3.42. The predicted octanol–water partition coefficient (Wildman–Crippen LogP) is 3.50. The van der Waals surface area contributed by atoms with Gasteiger partial charge in [0, 0.05) is 31.5 Å². The molecular formula is C15H24N2O. The molecule has 1 aliphatic heterocycles. The van der Waals surface area contributed by atoms with Gasteiger partial charge in [-0.05, 0) is 32.1 Å². The van der Waals surface area contributed by atoms with Crippen LogP contribution in [0.1, 0.15) is 63.7 Å². The molecule has 3 nitrogen and oxygen atoms in total. The van der Waals surface area contributed by atoms with E-state index in [9.17, 15) is 0 Å². The number of ether oxygens (including phenoxy) is 1. The number of aryl methyl sites for hydroxylation is 1. The van der Waals surface area contributed by atoms with Gasteiger partial charge in [-0.3, -0.25) is 0 Å². The van der Waals surface area contributed by atoms with E-state index < -0.39 is 0 Å². The van der Waals surface area contributed by atoms with Crippen molar-refractivity contribution in [2.75, 3.05) is 6.61 Å². The summed E-state index contributed by atoms with van der Waals surface area (Å²) >= 11 is 0. The normalized spacial score (nSPS) is 26.8. The zero-order valence-corrected chi connectivity index (χ0v) is 11.4. The molecule has 1 unspecified atom stereocenters. The number of hydrogen-bond acceptors (Lipinski definition) is 2. The van der Waals surface area contributed by atoms with Gasteiger partial charge in [0.1, 0.15) is 5.82 Å². The van der Waals surface area contributed by atoms with Gasteiger partial charge in [0.25, 0.3) is 0 Å². The van der Waals surface area contributed by atoms with Crippen LogP contribution in [-0.4, -0.2) is 21.8 Å². The van der Waals surface area contributed by atoms with Crippen molar-refractivity contribution in [1.29, 1.82) is 0 Å². The third-order valence-electron chi connectivity index (χ3n) is 4.60. The molecule has 1 atom stereocenters. The molecule has 1 saturated heterocycles. The Hall–Kier alpha value is -0.830. The van der Waals surface area contributed by atoms with Crippen molar-refractivity contribution in [3.05, 3.63) is 18.2 Å². The molecule has 3 rings (SSSR count). The summed E-state index contributed by atoms with van der Waals surface area (Å²) in [6.07, 6.45) is 14.0. The fourth-order valence-electron chi connectivity index (χ4n) is 3.70. The number of rotatable bonds is 3. The summed E-state index contributed by atoms with van der Waals surface area (Å²) in [7, 11) is 0. The van der Waals surface area contributed by atoms with E-state index in [4.69, 9.17) is 4.74 Å². The Morgan fingerprint density at radius 2 is 2.28 bits per heavy atom. The van der Waals surface area contributed by atoms with Crippen molar-refractivity contribution in [2.24, 2.45) is 0 Å². The van der Waals surface area contributed by atoms with Gasteiger partial charge in [0.15, 0.2) is 0 Å². The van der Waals surface area contributed by atoms with Crippen LogP contribution in [0.25, 0.3) is 0 Å². The van der Waals surface area contributed by atoms with Crippen LogP contribution >= 0.6 is 0 Å². The topological polar surface area (TPSA) is 27.1 Å². The monoisotopic (exact) mass is 248 g/mol. The first kappa shape index (κ1) is 12.2. The van der Waals surface area contributed by atoms with E-state index in [2.05, 4.69) is 22.7 Å². The maximum absolute atomic E-state index is 6.12. The van der Waals surface area contributed by atoms with Crippen LogP contribution in [0.15, 0.2) is 12.4 Å². The van der Waals surface area contributed by atoms with E-state index in [1.54, 1.807) is 0 Å². The van der Waals surface area contributed by atoms with Gasteiger partial charge >= 0.3 is 0 Å². The molecule has 2 aliphatic rings. The molecule has 1 aromatic rings. The van der Waals surface area contributed by atoms with Crippen molar-refractivity contribution in [2.45, 2.75) is 69.9 Å². The third kappa shape index (κ3) is 2.20. The van der Waals surface area contributed by atoms with Crippen LogP contribution in [0.3, 0.4) is 0 Å². The van der Waals surface area contributed by atoms with Gasteiger partial charge in [0.05, 0.1) is 5.60 Å². The summed E-state index contributed by atoms with van der Waals surface area (Å²) in [5.74, 6) is 1.26. The largest absolute Gasteiger partial charge is 0.375 e. The number of hydrogen-bond donors (Lipinski definition) is 0. The zero-order valence-electron chi connectivity index (χ0n) is 11.4. The van der Waals surface area contributed by atoms with Gasteiger partial charge in [-0.15, -0.1) is 0 Å². The van der Waals surface area contributed by atoms with Crippen LogP contribution in [-0.2, 0) is 11.2 Å². The average Bonchev–Trinajstić information content (AvgIpc) is 3.00. The highest BCUT2D eigenvalue weighted by Gasteiger charge is 2.40. The summed E-state index contributed by atoms with van der Waals surface area (Å²) in [6, 6.07) is 0.612. The highest BCUT2D eigenvalue weighted by atomic mass is 16.5. The first-order valence-corrected chi connectivity index (χ1v) is 7.49. The van der Waals surface area contributed by atoms with Crippen molar-refractivity contribution in [3.63, 3.8) is 0 Å². The van der Waals surface area contributed by atoms with Gasteiger partial charge in [-0.25, -0.2) is 4.98 Å². The molecule has 0 amide bonds. The molecule has 1 aliphatic carbocycles. The summed E-state index contributed by atoms with van der Waals surface area (Å²) in [5.41, 5.74) is 0.205. The lowest BCUT2D eigenvalue weighted by molar-refractivity contribution is -0.0897. The smallest absolute Gasteiger partial charge is 0.108 e. The summed E-state index contributed by atoms with van der Waals surface area (Å²) < 4.78 is 8.54. The Morgan fingerprint density at radius 3 is 3.06 bits per heavy atom. The Bertz CT molecular complexity index is 393. The molecule has 3 heteroatoms.